The van der Waals surface area contributed by atoms with Gasteiger partial charge in [0, 0.05) is 43.6 Å². The first kappa shape index (κ1) is 18.5. The van der Waals surface area contributed by atoms with Crippen LogP contribution in [0.2, 0.25) is 0 Å². The average molecular weight is 399 g/mol. The van der Waals surface area contributed by atoms with Gasteiger partial charge in [0.15, 0.2) is 5.82 Å². The zero-order valence-electron chi connectivity index (χ0n) is 16.3. The number of nitrogens with one attached hydrogen (secondary N) is 1. The van der Waals surface area contributed by atoms with Crippen molar-refractivity contribution in [2.45, 2.75) is 12.6 Å². The lowest BCUT2D eigenvalue weighted by Crippen LogP contribution is -2.38. The van der Waals surface area contributed by atoms with E-state index in [1.165, 1.54) is 10.9 Å². The highest BCUT2D eigenvalue weighted by Gasteiger charge is 2.24. The van der Waals surface area contributed by atoms with Crippen LogP contribution >= 0.6 is 0 Å². The molecule has 1 fully saturated rings. The molecule has 1 aliphatic heterocycles. The van der Waals surface area contributed by atoms with E-state index >= 15 is 0 Å². The Labute approximate surface area is 174 Å². The topological polar surface area (TPSA) is 89.0 Å². The molecule has 0 aliphatic carbocycles. The van der Waals surface area contributed by atoms with Crippen LogP contribution in [-0.4, -0.2) is 49.5 Å². The number of rotatable bonds is 5. The van der Waals surface area contributed by atoms with Crippen LogP contribution in [-0.2, 0) is 11.3 Å². The first-order valence-corrected chi connectivity index (χ1v) is 9.88. The van der Waals surface area contributed by atoms with Crippen LogP contribution in [0.15, 0.2) is 67.4 Å². The van der Waals surface area contributed by atoms with Gasteiger partial charge in [-0.15, -0.1) is 0 Å². The number of fused-ring (bicyclic) bond motifs is 1. The minimum absolute atomic E-state index is 0.141. The van der Waals surface area contributed by atoms with E-state index in [0.29, 0.717) is 18.4 Å². The lowest BCUT2D eigenvalue weighted by atomic mass is 10.1. The maximum absolute atomic E-state index is 6.01. The Morgan fingerprint density at radius 3 is 2.83 bits per heavy atom. The van der Waals surface area contributed by atoms with Crippen LogP contribution in [0.1, 0.15) is 17.4 Å². The standard InChI is InChI=1S/C22H21N7O/c1-4-16(17-5-2-7-24-18(17)6-1)14-29-10-11-30-20(15-29)19-12-23-13-21(27-19)28-22-25-8-3-9-26-22/h1-9,12-13,20H,10-11,14-15H2,(H,25,26,27,28)/t20-/m0/s1. The Morgan fingerprint density at radius 2 is 1.90 bits per heavy atom. The molecule has 30 heavy (non-hydrogen) atoms. The number of hydrogen-bond acceptors (Lipinski definition) is 8. The second-order valence-electron chi connectivity index (χ2n) is 7.11. The lowest BCUT2D eigenvalue weighted by molar-refractivity contribution is -0.0349. The highest BCUT2D eigenvalue weighted by Crippen LogP contribution is 2.24. The van der Waals surface area contributed by atoms with Crippen LogP contribution < -0.4 is 5.32 Å². The van der Waals surface area contributed by atoms with Gasteiger partial charge in [-0.2, -0.15) is 0 Å². The van der Waals surface area contributed by atoms with Crippen LogP contribution in [0, 0.1) is 0 Å². The number of hydrogen-bond donors (Lipinski definition) is 1. The normalized spacial score (nSPS) is 17.1. The van der Waals surface area contributed by atoms with Crippen molar-refractivity contribution in [3.05, 3.63) is 78.6 Å². The fraction of sp³-hybridized carbons (Fsp3) is 0.227. The van der Waals surface area contributed by atoms with E-state index in [1.807, 2.05) is 18.3 Å². The molecule has 4 heterocycles. The van der Waals surface area contributed by atoms with Gasteiger partial charge in [0.2, 0.25) is 5.95 Å². The predicted octanol–water partition coefficient (Wildman–Crippen LogP) is 3.13. The van der Waals surface area contributed by atoms with Crippen LogP contribution in [0.5, 0.6) is 0 Å². The van der Waals surface area contributed by atoms with Crippen molar-refractivity contribution >= 4 is 22.7 Å². The predicted molar refractivity (Wildman–Crippen MR) is 113 cm³/mol. The number of nitrogens with zero attached hydrogens (tertiary/aromatic N) is 6. The summed E-state index contributed by atoms with van der Waals surface area (Å²) in [5.74, 6) is 1.08. The monoisotopic (exact) mass is 399 g/mol. The van der Waals surface area contributed by atoms with Gasteiger partial charge in [-0.05, 0) is 23.8 Å². The maximum Gasteiger partial charge on any atom is 0.228 e. The summed E-state index contributed by atoms with van der Waals surface area (Å²) in [6, 6.07) is 12.2. The first-order valence-electron chi connectivity index (χ1n) is 9.88. The smallest absolute Gasteiger partial charge is 0.228 e. The van der Waals surface area contributed by atoms with E-state index in [4.69, 9.17) is 4.74 Å². The fourth-order valence-electron chi connectivity index (χ4n) is 3.65. The highest BCUT2D eigenvalue weighted by molar-refractivity contribution is 5.81. The van der Waals surface area contributed by atoms with Crippen molar-refractivity contribution in [3.63, 3.8) is 0 Å². The molecule has 5 rings (SSSR count). The highest BCUT2D eigenvalue weighted by atomic mass is 16.5. The van der Waals surface area contributed by atoms with Crippen molar-refractivity contribution in [1.29, 1.82) is 0 Å². The molecule has 0 amide bonds. The van der Waals surface area contributed by atoms with Gasteiger partial charge in [-0.25, -0.2) is 15.0 Å². The summed E-state index contributed by atoms with van der Waals surface area (Å²) < 4.78 is 6.01. The molecule has 1 N–H and O–H groups in total. The number of anilines is 2. The molecule has 150 valence electrons. The van der Waals surface area contributed by atoms with Gasteiger partial charge in [-0.1, -0.05) is 18.2 Å². The van der Waals surface area contributed by atoms with E-state index in [1.54, 1.807) is 30.9 Å². The Bertz CT molecular complexity index is 1130. The molecular formula is C22H21N7O. The van der Waals surface area contributed by atoms with E-state index in [2.05, 4.69) is 53.3 Å². The second kappa shape index (κ2) is 8.48. The molecule has 1 atom stereocenters. The molecule has 1 aromatic carbocycles. The van der Waals surface area contributed by atoms with E-state index < -0.39 is 0 Å². The summed E-state index contributed by atoms with van der Waals surface area (Å²) in [6.07, 6.45) is 8.46. The molecule has 0 bridgehead atoms. The van der Waals surface area contributed by atoms with Gasteiger partial charge in [0.1, 0.15) is 6.10 Å². The van der Waals surface area contributed by atoms with Crippen molar-refractivity contribution < 1.29 is 4.74 Å². The summed E-state index contributed by atoms with van der Waals surface area (Å²) in [4.78, 5) is 24.2. The summed E-state index contributed by atoms with van der Waals surface area (Å²) >= 11 is 0. The Kier molecular flexibility index (Phi) is 5.24. The van der Waals surface area contributed by atoms with E-state index in [-0.39, 0.29) is 6.10 Å². The van der Waals surface area contributed by atoms with E-state index in [0.717, 1.165) is 30.8 Å². The Hall–Kier alpha value is -3.49. The molecule has 0 spiro atoms. The van der Waals surface area contributed by atoms with Crippen LogP contribution in [0.25, 0.3) is 10.9 Å². The SMILES string of the molecule is c1cnc(Nc2cncc([C@@H]3CN(Cc4cccc5ncccc45)CCO3)n2)nc1. The van der Waals surface area contributed by atoms with Gasteiger partial charge >= 0.3 is 0 Å². The molecule has 1 saturated heterocycles. The second-order valence-corrected chi connectivity index (χ2v) is 7.11. The van der Waals surface area contributed by atoms with Crippen LogP contribution in [0.3, 0.4) is 0 Å². The largest absolute Gasteiger partial charge is 0.369 e. The Balaban J connectivity index is 1.31. The molecule has 1 aliphatic rings. The number of benzene rings is 1. The minimum atomic E-state index is -0.141. The zero-order chi connectivity index (χ0) is 20.2. The van der Waals surface area contributed by atoms with Crippen molar-refractivity contribution in [2.75, 3.05) is 25.0 Å². The van der Waals surface area contributed by atoms with Crippen molar-refractivity contribution in [2.24, 2.45) is 0 Å². The average Bonchev–Trinajstić information content (AvgIpc) is 2.80. The van der Waals surface area contributed by atoms with Gasteiger partial charge < -0.3 is 10.1 Å². The minimum Gasteiger partial charge on any atom is -0.369 e. The number of aromatic nitrogens is 5. The lowest BCUT2D eigenvalue weighted by Gasteiger charge is -2.32. The number of morpholine rings is 1. The summed E-state index contributed by atoms with van der Waals surface area (Å²) in [5, 5.41) is 4.27. The third-order valence-electron chi connectivity index (χ3n) is 5.07. The molecular weight excluding hydrogens is 378 g/mol. The fourth-order valence-corrected chi connectivity index (χ4v) is 3.65. The number of pyridine rings is 1. The Morgan fingerprint density at radius 1 is 1.00 bits per heavy atom. The molecule has 4 aromatic rings. The molecule has 0 unspecified atom stereocenters. The van der Waals surface area contributed by atoms with Crippen LogP contribution in [0.4, 0.5) is 11.8 Å². The molecule has 0 radical (unpaired) electrons. The maximum atomic E-state index is 6.01. The van der Waals surface area contributed by atoms with Crippen molar-refractivity contribution in [1.82, 2.24) is 29.8 Å². The van der Waals surface area contributed by atoms with E-state index in [9.17, 15) is 0 Å². The third-order valence-corrected chi connectivity index (χ3v) is 5.07. The molecule has 8 heteroatoms. The molecule has 8 nitrogen and oxygen atoms in total. The summed E-state index contributed by atoms with van der Waals surface area (Å²) in [7, 11) is 0. The van der Waals surface area contributed by atoms with Gasteiger partial charge in [0.05, 0.1) is 30.2 Å². The van der Waals surface area contributed by atoms with Crippen molar-refractivity contribution in [3.8, 4) is 0 Å². The zero-order valence-corrected chi connectivity index (χ0v) is 16.3. The summed E-state index contributed by atoms with van der Waals surface area (Å²) in [6.45, 7) is 3.11. The molecule has 0 saturated carbocycles. The quantitative estimate of drug-likeness (QED) is 0.548. The summed E-state index contributed by atoms with van der Waals surface area (Å²) in [5.41, 5.74) is 3.08. The van der Waals surface area contributed by atoms with Gasteiger partial charge in [-0.3, -0.25) is 14.9 Å². The number of ether oxygens (including phenoxy) is 1. The first-order chi connectivity index (χ1) is 14.8. The third kappa shape index (κ3) is 4.10. The molecule has 3 aromatic heterocycles. The van der Waals surface area contributed by atoms with Gasteiger partial charge in [0.25, 0.3) is 0 Å².